The number of nitrogens with zero attached hydrogens (tertiary/aromatic N) is 1. The standard InChI is InChI=1S/C19H17ClN2O2S/c1-24-17-7-5-15(6-8-17)21-18(23)11-16-12-25-19(22-16)10-13-3-2-4-14(20)9-13/h2-9,12H,10-11H2,1H3,(H,21,23). The summed E-state index contributed by atoms with van der Waals surface area (Å²) in [6.07, 6.45) is 0.962. The Kier molecular flexibility index (Phi) is 5.68. The fourth-order valence-corrected chi connectivity index (χ4v) is 3.42. The zero-order valence-electron chi connectivity index (χ0n) is 13.7. The summed E-state index contributed by atoms with van der Waals surface area (Å²) < 4.78 is 5.10. The molecule has 0 aliphatic heterocycles. The lowest BCUT2D eigenvalue weighted by atomic mass is 10.2. The van der Waals surface area contributed by atoms with Crippen LogP contribution in [0.5, 0.6) is 5.75 Å². The van der Waals surface area contributed by atoms with Crippen molar-refractivity contribution < 1.29 is 9.53 Å². The Labute approximate surface area is 155 Å². The summed E-state index contributed by atoms with van der Waals surface area (Å²) in [7, 11) is 1.61. The van der Waals surface area contributed by atoms with Crippen LogP contribution in [0.1, 0.15) is 16.3 Å². The zero-order chi connectivity index (χ0) is 17.6. The fraction of sp³-hybridized carbons (Fsp3) is 0.158. The van der Waals surface area contributed by atoms with E-state index in [-0.39, 0.29) is 12.3 Å². The van der Waals surface area contributed by atoms with Crippen molar-refractivity contribution in [2.24, 2.45) is 0 Å². The summed E-state index contributed by atoms with van der Waals surface area (Å²) in [5.74, 6) is 0.660. The first-order valence-electron chi connectivity index (χ1n) is 7.74. The second-order valence-corrected chi connectivity index (χ2v) is 6.87. The Morgan fingerprint density at radius 3 is 2.76 bits per heavy atom. The number of aromatic nitrogens is 1. The lowest BCUT2D eigenvalue weighted by Crippen LogP contribution is -2.14. The molecular weight excluding hydrogens is 356 g/mol. The molecule has 25 heavy (non-hydrogen) atoms. The van der Waals surface area contributed by atoms with Crippen molar-refractivity contribution in [2.75, 3.05) is 12.4 Å². The lowest BCUT2D eigenvalue weighted by molar-refractivity contribution is -0.115. The predicted molar refractivity (Wildman–Crippen MR) is 102 cm³/mol. The van der Waals surface area contributed by atoms with Crippen LogP contribution in [0.2, 0.25) is 5.02 Å². The van der Waals surface area contributed by atoms with Gasteiger partial charge in [0.1, 0.15) is 5.75 Å². The van der Waals surface area contributed by atoms with E-state index >= 15 is 0 Å². The number of halogens is 1. The summed E-state index contributed by atoms with van der Waals surface area (Å²) in [4.78, 5) is 16.7. The smallest absolute Gasteiger partial charge is 0.230 e. The summed E-state index contributed by atoms with van der Waals surface area (Å²) in [5.41, 5.74) is 2.62. The molecule has 1 N–H and O–H groups in total. The monoisotopic (exact) mass is 372 g/mol. The van der Waals surface area contributed by atoms with Gasteiger partial charge in [0.15, 0.2) is 0 Å². The van der Waals surface area contributed by atoms with Gasteiger partial charge in [-0.2, -0.15) is 0 Å². The van der Waals surface area contributed by atoms with E-state index < -0.39 is 0 Å². The molecule has 0 bridgehead atoms. The number of carbonyl (C=O) groups is 1. The zero-order valence-corrected chi connectivity index (χ0v) is 15.2. The number of amides is 1. The number of ether oxygens (including phenoxy) is 1. The first kappa shape index (κ1) is 17.5. The van der Waals surface area contributed by atoms with Gasteiger partial charge in [-0.25, -0.2) is 4.98 Å². The van der Waals surface area contributed by atoms with Crippen LogP contribution in [-0.4, -0.2) is 18.0 Å². The summed E-state index contributed by atoms with van der Waals surface area (Å²) >= 11 is 7.56. The van der Waals surface area contributed by atoms with E-state index in [0.717, 1.165) is 27.7 Å². The maximum absolute atomic E-state index is 12.2. The highest BCUT2D eigenvalue weighted by Gasteiger charge is 2.09. The van der Waals surface area contributed by atoms with Gasteiger partial charge < -0.3 is 10.1 Å². The number of anilines is 1. The number of nitrogens with one attached hydrogen (secondary N) is 1. The maximum Gasteiger partial charge on any atom is 0.230 e. The normalized spacial score (nSPS) is 10.5. The molecule has 6 heteroatoms. The Morgan fingerprint density at radius 2 is 2.04 bits per heavy atom. The largest absolute Gasteiger partial charge is 0.497 e. The SMILES string of the molecule is COc1ccc(NC(=O)Cc2csc(Cc3cccc(Cl)c3)n2)cc1. The molecule has 0 atom stereocenters. The van der Waals surface area contributed by atoms with Crippen molar-refractivity contribution in [3.63, 3.8) is 0 Å². The predicted octanol–water partition coefficient (Wildman–Crippen LogP) is 4.58. The van der Waals surface area contributed by atoms with Crippen molar-refractivity contribution in [1.29, 1.82) is 0 Å². The van der Waals surface area contributed by atoms with Crippen LogP contribution in [0, 0.1) is 0 Å². The first-order chi connectivity index (χ1) is 12.1. The van der Waals surface area contributed by atoms with Gasteiger partial charge in [0, 0.05) is 22.5 Å². The number of thiazole rings is 1. The van der Waals surface area contributed by atoms with E-state index in [2.05, 4.69) is 10.3 Å². The molecule has 1 aromatic heterocycles. The maximum atomic E-state index is 12.2. The van der Waals surface area contributed by atoms with Gasteiger partial charge in [-0.05, 0) is 42.0 Å². The average Bonchev–Trinajstić information content (AvgIpc) is 3.02. The van der Waals surface area contributed by atoms with E-state index in [1.54, 1.807) is 18.4 Å². The minimum absolute atomic E-state index is 0.0928. The molecule has 3 aromatic rings. The third-order valence-electron chi connectivity index (χ3n) is 3.56. The van der Waals surface area contributed by atoms with Gasteiger partial charge in [-0.15, -0.1) is 11.3 Å². The second-order valence-electron chi connectivity index (χ2n) is 5.49. The molecule has 2 aromatic carbocycles. The van der Waals surface area contributed by atoms with E-state index in [0.29, 0.717) is 11.4 Å². The molecule has 128 valence electrons. The highest BCUT2D eigenvalue weighted by molar-refractivity contribution is 7.09. The van der Waals surface area contributed by atoms with Crippen molar-refractivity contribution >= 4 is 34.5 Å². The summed E-state index contributed by atoms with van der Waals surface area (Å²) in [6, 6.07) is 15.0. The van der Waals surface area contributed by atoms with Gasteiger partial charge in [0.05, 0.1) is 24.2 Å². The molecule has 0 saturated heterocycles. The minimum atomic E-state index is -0.0928. The third-order valence-corrected chi connectivity index (χ3v) is 4.69. The molecule has 0 saturated carbocycles. The van der Waals surface area contributed by atoms with Gasteiger partial charge in [0.2, 0.25) is 5.91 Å². The van der Waals surface area contributed by atoms with Gasteiger partial charge in [-0.1, -0.05) is 23.7 Å². The number of hydrogen-bond donors (Lipinski definition) is 1. The Balaban J connectivity index is 1.57. The van der Waals surface area contributed by atoms with Crippen LogP contribution in [-0.2, 0) is 17.6 Å². The van der Waals surface area contributed by atoms with Crippen molar-refractivity contribution in [1.82, 2.24) is 4.98 Å². The van der Waals surface area contributed by atoms with Gasteiger partial charge in [0.25, 0.3) is 0 Å². The second kappa shape index (κ2) is 8.14. The number of hydrogen-bond acceptors (Lipinski definition) is 4. The highest BCUT2D eigenvalue weighted by Crippen LogP contribution is 2.19. The number of rotatable bonds is 6. The van der Waals surface area contributed by atoms with Crippen LogP contribution in [0.15, 0.2) is 53.9 Å². The van der Waals surface area contributed by atoms with E-state index in [4.69, 9.17) is 16.3 Å². The van der Waals surface area contributed by atoms with Crippen LogP contribution in [0.25, 0.3) is 0 Å². The molecule has 0 aliphatic carbocycles. The van der Waals surface area contributed by atoms with E-state index in [1.807, 2.05) is 53.9 Å². The van der Waals surface area contributed by atoms with Crippen molar-refractivity contribution in [3.8, 4) is 5.75 Å². The highest BCUT2D eigenvalue weighted by atomic mass is 35.5. The van der Waals surface area contributed by atoms with E-state index in [1.165, 1.54) is 0 Å². The Bertz CT molecular complexity index is 862. The Morgan fingerprint density at radius 1 is 1.24 bits per heavy atom. The first-order valence-corrected chi connectivity index (χ1v) is 9.00. The van der Waals surface area contributed by atoms with Crippen molar-refractivity contribution in [3.05, 3.63) is 75.2 Å². The van der Waals surface area contributed by atoms with Crippen LogP contribution in [0.4, 0.5) is 5.69 Å². The average molecular weight is 373 g/mol. The third kappa shape index (κ3) is 5.05. The molecule has 1 amide bonds. The molecule has 0 radical (unpaired) electrons. The molecular formula is C19H17ClN2O2S. The lowest BCUT2D eigenvalue weighted by Gasteiger charge is -2.05. The van der Waals surface area contributed by atoms with Crippen LogP contribution in [0.3, 0.4) is 0 Å². The van der Waals surface area contributed by atoms with Crippen LogP contribution >= 0.6 is 22.9 Å². The van der Waals surface area contributed by atoms with Gasteiger partial charge in [-0.3, -0.25) is 4.79 Å². The topological polar surface area (TPSA) is 51.2 Å². The molecule has 0 fully saturated rings. The van der Waals surface area contributed by atoms with Crippen LogP contribution < -0.4 is 10.1 Å². The molecule has 4 nitrogen and oxygen atoms in total. The molecule has 0 spiro atoms. The summed E-state index contributed by atoms with van der Waals surface area (Å²) in [6.45, 7) is 0. The molecule has 0 unspecified atom stereocenters. The number of carbonyl (C=O) groups excluding carboxylic acids is 1. The molecule has 3 rings (SSSR count). The van der Waals surface area contributed by atoms with E-state index in [9.17, 15) is 4.79 Å². The number of methoxy groups -OCH3 is 1. The van der Waals surface area contributed by atoms with Crippen molar-refractivity contribution in [2.45, 2.75) is 12.8 Å². The summed E-state index contributed by atoms with van der Waals surface area (Å²) in [5, 5.41) is 6.47. The quantitative estimate of drug-likeness (QED) is 0.689. The Hall–Kier alpha value is -2.37. The minimum Gasteiger partial charge on any atom is -0.497 e. The fourth-order valence-electron chi connectivity index (χ4n) is 2.38. The molecule has 1 heterocycles. The van der Waals surface area contributed by atoms with Gasteiger partial charge >= 0.3 is 0 Å². The molecule has 0 aliphatic rings. The number of benzene rings is 2.